The molecule has 8 rings (SSSR count). The molecule has 0 fully saturated rings. The van der Waals surface area contributed by atoms with E-state index in [2.05, 4.69) is 305 Å². The number of hydrogen-bond acceptors (Lipinski definition) is 4. The van der Waals surface area contributed by atoms with Crippen molar-refractivity contribution in [2.75, 3.05) is 26.6 Å². The highest BCUT2D eigenvalue weighted by Crippen LogP contribution is 2.13. The topological polar surface area (TPSA) is 36.9 Å². The van der Waals surface area contributed by atoms with Crippen molar-refractivity contribution in [3.05, 3.63) is 283 Å². The molecule has 0 aliphatic carbocycles. The molecular formula is C89H130O4. The zero-order chi connectivity index (χ0) is 68.4. The number of aryl methyl sites for hydroxylation is 13. The van der Waals surface area contributed by atoms with Crippen LogP contribution in [0.5, 0.6) is 0 Å². The summed E-state index contributed by atoms with van der Waals surface area (Å²) in [7, 11) is 0. The van der Waals surface area contributed by atoms with Gasteiger partial charge < -0.3 is 18.9 Å². The summed E-state index contributed by atoms with van der Waals surface area (Å²) in [5.41, 5.74) is 21.6. The Hall–Kier alpha value is -6.40. The summed E-state index contributed by atoms with van der Waals surface area (Å²) >= 11 is 0. The Morgan fingerprint density at radius 1 is 0.194 bits per heavy atom. The van der Waals surface area contributed by atoms with Crippen LogP contribution in [0.1, 0.15) is 228 Å². The number of hydrogen-bond donors (Lipinski definition) is 0. The summed E-state index contributed by atoms with van der Waals surface area (Å²) in [5, 5.41) is 0. The lowest BCUT2D eigenvalue weighted by atomic mass is 10.1. The molecule has 0 saturated heterocycles. The monoisotopic (exact) mass is 1260 g/mol. The number of rotatable bonds is 29. The minimum atomic E-state index is 0.391. The van der Waals surface area contributed by atoms with Crippen LogP contribution >= 0.6 is 0 Å². The van der Waals surface area contributed by atoms with E-state index in [1.165, 1.54) is 179 Å². The number of ether oxygens (including phenoxy) is 4. The van der Waals surface area contributed by atoms with Gasteiger partial charge in [-0.3, -0.25) is 0 Å². The molecule has 0 amide bonds. The number of benzene rings is 8. The zero-order valence-electron chi connectivity index (χ0n) is 61.8. The zero-order valence-corrected chi connectivity index (χ0v) is 61.8. The maximum absolute atomic E-state index is 5.41. The average molecular weight is 1260 g/mol. The minimum absolute atomic E-state index is 0.391. The van der Waals surface area contributed by atoms with E-state index in [4.69, 9.17) is 18.9 Å². The second-order valence-electron chi connectivity index (χ2n) is 24.8. The SMILES string of the molecule is CCCCCCc1ccc(C)cc1.CCCCCc1ccc(C)cc1.CCCCc1ccc(C)cc1.CCCOCOCc1ccc(C)cc1.CCCOCc1ccc(C)cc1.CCCOCc1ccc(C)cc1.CCCc1ccc(C)cc1.CCc1ccc(C)cc1. The fourth-order valence-electron chi connectivity index (χ4n) is 8.99. The van der Waals surface area contributed by atoms with Gasteiger partial charge in [0.25, 0.3) is 0 Å². The van der Waals surface area contributed by atoms with Crippen molar-refractivity contribution in [3.8, 4) is 0 Å². The van der Waals surface area contributed by atoms with Gasteiger partial charge in [-0.2, -0.15) is 0 Å². The van der Waals surface area contributed by atoms with Gasteiger partial charge in [0, 0.05) is 19.8 Å². The molecule has 0 aliphatic rings. The third-order valence-electron chi connectivity index (χ3n) is 15.1. The molecule has 510 valence electrons. The van der Waals surface area contributed by atoms with Crippen LogP contribution in [0.15, 0.2) is 194 Å². The fraction of sp³-hybridized carbons (Fsp3) is 0.461. The normalized spacial score (nSPS) is 10.1. The van der Waals surface area contributed by atoms with Gasteiger partial charge in [0.1, 0.15) is 6.79 Å². The summed E-state index contributed by atoms with van der Waals surface area (Å²) in [4.78, 5) is 0. The Labute approximate surface area is 571 Å². The highest BCUT2D eigenvalue weighted by atomic mass is 16.7. The Balaban J connectivity index is 0.000000533. The smallest absolute Gasteiger partial charge is 0.147 e. The van der Waals surface area contributed by atoms with Gasteiger partial charge in [-0.15, -0.1) is 0 Å². The van der Waals surface area contributed by atoms with Gasteiger partial charge in [-0.1, -0.05) is 339 Å². The van der Waals surface area contributed by atoms with Crippen molar-refractivity contribution < 1.29 is 18.9 Å². The van der Waals surface area contributed by atoms with Crippen molar-refractivity contribution in [2.45, 2.75) is 246 Å². The van der Waals surface area contributed by atoms with E-state index in [0.29, 0.717) is 13.4 Å². The first-order valence-electron chi connectivity index (χ1n) is 35.9. The van der Waals surface area contributed by atoms with E-state index in [0.717, 1.165) is 58.7 Å². The standard InChI is InChI=1S/C13H20.C12H18O2.C12H18.2C11H16O.C11H16.C10H14.C9H12/c1-3-4-5-6-7-13-10-8-12(2)9-11-13;1-3-8-13-10-14-9-12-6-4-11(2)5-7-12;1-3-4-5-6-12-9-7-11(2)8-10-12;2*1-3-8-12-9-11-6-4-10(2)5-7-11;1-3-4-5-11-8-6-10(2)7-9-11;1-3-4-10-7-5-9(2)6-8-10;1-3-9-6-4-8(2)5-7-9/h8-11H,3-7H2,1-2H3;4-7H,3,8-10H2,1-2H3;7-10H,3-6H2,1-2H3;2*4-7H,3,8-9H2,1-2H3;6-9H,3-5H2,1-2H3;5-8H,3-4H2,1-2H3;4-7H,3H2,1-2H3. The van der Waals surface area contributed by atoms with E-state index < -0.39 is 0 Å². The van der Waals surface area contributed by atoms with Crippen LogP contribution in [0.3, 0.4) is 0 Å². The van der Waals surface area contributed by atoms with Crippen LogP contribution in [-0.2, 0) is 70.9 Å². The molecular weight excluding hydrogens is 1130 g/mol. The van der Waals surface area contributed by atoms with Crippen molar-refractivity contribution in [3.63, 3.8) is 0 Å². The van der Waals surface area contributed by atoms with Gasteiger partial charge in [0.15, 0.2) is 0 Å². The van der Waals surface area contributed by atoms with Crippen molar-refractivity contribution in [2.24, 2.45) is 0 Å². The predicted octanol–water partition coefficient (Wildman–Crippen LogP) is 25.4. The summed E-state index contributed by atoms with van der Waals surface area (Å²) in [6.07, 6.45) is 22.6. The lowest BCUT2D eigenvalue weighted by Gasteiger charge is -2.04. The molecule has 0 aliphatic heterocycles. The van der Waals surface area contributed by atoms with Crippen LogP contribution < -0.4 is 0 Å². The molecule has 0 atom stereocenters. The molecule has 8 aromatic carbocycles. The molecule has 0 unspecified atom stereocenters. The van der Waals surface area contributed by atoms with Crippen LogP contribution in [-0.4, -0.2) is 26.6 Å². The summed E-state index contributed by atoms with van der Waals surface area (Å²) in [6, 6.07) is 69.3. The first-order chi connectivity index (χ1) is 45.1. The van der Waals surface area contributed by atoms with E-state index in [-0.39, 0.29) is 0 Å². The third kappa shape index (κ3) is 48.9. The summed E-state index contributed by atoms with van der Waals surface area (Å²) < 4.78 is 21.4. The molecule has 0 heterocycles. The lowest BCUT2D eigenvalue weighted by Crippen LogP contribution is -2.00. The second-order valence-corrected chi connectivity index (χ2v) is 24.8. The third-order valence-corrected chi connectivity index (χ3v) is 15.1. The summed E-state index contributed by atoms with van der Waals surface area (Å²) in [6.45, 7) is 39.3. The fourth-order valence-corrected chi connectivity index (χ4v) is 8.99. The maximum atomic E-state index is 5.41. The van der Waals surface area contributed by atoms with E-state index >= 15 is 0 Å². The Morgan fingerprint density at radius 2 is 0.430 bits per heavy atom. The first kappa shape index (κ1) is 84.6. The highest BCUT2D eigenvalue weighted by molar-refractivity contribution is 5.26. The lowest BCUT2D eigenvalue weighted by molar-refractivity contribution is -0.0611. The van der Waals surface area contributed by atoms with Gasteiger partial charge in [0.2, 0.25) is 0 Å². The van der Waals surface area contributed by atoms with E-state index in [1.54, 1.807) is 0 Å². The van der Waals surface area contributed by atoms with Crippen molar-refractivity contribution >= 4 is 0 Å². The molecule has 4 nitrogen and oxygen atoms in total. The molecule has 0 spiro atoms. The van der Waals surface area contributed by atoms with E-state index in [1.807, 2.05) is 0 Å². The van der Waals surface area contributed by atoms with Crippen LogP contribution in [0, 0.1) is 55.4 Å². The largest absolute Gasteiger partial charge is 0.377 e. The quantitative estimate of drug-likeness (QED) is 0.0346. The van der Waals surface area contributed by atoms with Gasteiger partial charge in [-0.05, 0) is 171 Å². The average Bonchev–Trinajstić information content (AvgIpc) is 3.80. The predicted molar refractivity (Wildman–Crippen MR) is 408 cm³/mol. The van der Waals surface area contributed by atoms with E-state index in [9.17, 15) is 0 Å². The molecule has 8 aromatic rings. The first-order valence-corrected chi connectivity index (χ1v) is 35.9. The van der Waals surface area contributed by atoms with Crippen LogP contribution in [0.25, 0.3) is 0 Å². The van der Waals surface area contributed by atoms with Crippen molar-refractivity contribution in [1.29, 1.82) is 0 Å². The Bertz CT molecular complexity index is 2750. The molecule has 0 bridgehead atoms. The van der Waals surface area contributed by atoms with Gasteiger partial charge in [-0.25, -0.2) is 0 Å². The van der Waals surface area contributed by atoms with Crippen molar-refractivity contribution in [1.82, 2.24) is 0 Å². The Morgan fingerprint density at radius 3 is 0.710 bits per heavy atom. The maximum Gasteiger partial charge on any atom is 0.147 e. The molecule has 93 heavy (non-hydrogen) atoms. The minimum Gasteiger partial charge on any atom is -0.377 e. The van der Waals surface area contributed by atoms with Gasteiger partial charge >= 0.3 is 0 Å². The summed E-state index contributed by atoms with van der Waals surface area (Å²) in [5.74, 6) is 0. The Kier molecular flexibility index (Phi) is 53.0. The van der Waals surface area contributed by atoms with Gasteiger partial charge in [0.05, 0.1) is 19.8 Å². The molecule has 0 radical (unpaired) electrons. The molecule has 4 heteroatoms. The number of unbranched alkanes of at least 4 members (excludes halogenated alkanes) is 6. The molecule has 0 saturated carbocycles. The molecule has 0 N–H and O–H groups in total. The second kappa shape index (κ2) is 58.2. The molecule has 0 aromatic heterocycles. The van der Waals surface area contributed by atoms with Crippen LogP contribution in [0.2, 0.25) is 0 Å². The highest BCUT2D eigenvalue weighted by Gasteiger charge is 1.98. The van der Waals surface area contributed by atoms with Crippen LogP contribution in [0.4, 0.5) is 0 Å².